The van der Waals surface area contributed by atoms with Crippen LogP contribution in [0, 0.1) is 0 Å². The zero-order valence-corrected chi connectivity index (χ0v) is 9.95. The molecule has 0 aliphatic heterocycles. The molecule has 15 heavy (non-hydrogen) atoms. The van der Waals surface area contributed by atoms with Crippen molar-refractivity contribution >= 4 is 5.97 Å². The Labute approximate surface area is 91.0 Å². The van der Waals surface area contributed by atoms with E-state index in [-0.39, 0.29) is 6.61 Å². The molecule has 0 fully saturated rings. The lowest BCUT2D eigenvalue weighted by Gasteiger charge is -2.36. The maximum atomic E-state index is 11.2. The number of carbonyl (C=O) groups is 1. The van der Waals surface area contributed by atoms with Gasteiger partial charge in [-0.25, -0.2) is 0 Å². The van der Waals surface area contributed by atoms with E-state index in [0.717, 1.165) is 0 Å². The largest absolute Gasteiger partial charge is 0.480 e. The van der Waals surface area contributed by atoms with Crippen LogP contribution < -0.4 is 0 Å². The van der Waals surface area contributed by atoms with E-state index in [1.54, 1.807) is 14.0 Å². The lowest BCUT2D eigenvalue weighted by molar-refractivity contribution is -0.154. The number of carboxylic acids is 1. The second-order valence-corrected chi connectivity index (χ2v) is 3.58. The third kappa shape index (κ3) is 3.77. The SMILES string of the molecule is CCN(CCOC)C(C)(COC)C(=O)O. The summed E-state index contributed by atoms with van der Waals surface area (Å²) < 4.78 is 9.92. The van der Waals surface area contributed by atoms with Gasteiger partial charge in [0.25, 0.3) is 0 Å². The molecular weight excluding hydrogens is 198 g/mol. The van der Waals surface area contributed by atoms with E-state index in [9.17, 15) is 9.90 Å². The molecule has 0 rings (SSSR count). The molecule has 0 saturated carbocycles. The number of likely N-dealkylation sites (N-methyl/N-ethyl adjacent to an activating group) is 1. The van der Waals surface area contributed by atoms with Crippen molar-refractivity contribution in [2.24, 2.45) is 0 Å². The molecule has 0 aromatic carbocycles. The summed E-state index contributed by atoms with van der Waals surface area (Å²) in [7, 11) is 3.10. The van der Waals surface area contributed by atoms with Gasteiger partial charge in [-0.15, -0.1) is 0 Å². The summed E-state index contributed by atoms with van der Waals surface area (Å²) in [5, 5.41) is 9.20. The zero-order chi connectivity index (χ0) is 11.9. The van der Waals surface area contributed by atoms with E-state index >= 15 is 0 Å². The lowest BCUT2D eigenvalue weighted by Crippen LogP contribution is -2.56. The van der Waals surface area contributed by atoms with E-state index < -0.39 is 11.5 Å². The van der Waals surface area contributed by atoms with Gasteiger partial charge in [0, 0.05) is 20.8 Å². The van der Waals surface area contributed by atoms with E-state index in [1.165, 1.54) is 7.11 Å². The van der Waals surface area contributed by atoms with Crippen LogP contribution in [0.2, 0.25) is 0 Å². The average Bonchev–Trinajstić information content (AvgIpc) is 2.19. The van der Waals surface area contributed by atoms with Crippen molar-refractivity contribution < 1.29 is 19.4 Å². The Morgan fingerprint density at radius 3 is 2.33 bits per heavy atom. The molecule has 0 aromatic rings. The first-order valence-corrected chi connectivity index (χ1v) is 4.99. The Morgan fingerprint density at radius 1 is 1.40 bits per heavy atom. The number of hydrogen-bond donors (Lipinski definition) is 1. The minimum Gasteiger partial charge on any atom is -0.480 e. The Kier molecular flexibility index (Phi) is 6.47. The fraction of sp³-hybridized carbons (Fsp3) is 0.900. The Hall–Kier alpha value is -0.650. The standard InChI is InChI=1S/C10H21NO4/c1-5-11(6-7-14-3)10(2,8-15-4)9(12)13/h5-8H2,1-4H3,(H,12,13). The molecule has 0 saturated heterocycles. The molecule has 0 spiro atoms. The molecule has 0 radical (unpaired) electrons. The highest BCUT2D eigenvalue weighted by atomic mass is 16.5. The van der Waals surface area contributed by atoms with Crippen molar-refractivity contribution in [1.29, 1.82) is 0 Å². The number of ether oxygens (including phenoxy) is 2. The smallest absolute Gasteiger partial charge is 0.326 e. The summed E-state index contributed by atoms with van der Waals surface area (Å²) in [5.41, 5.74) is -0.984. The normalized spacial score (nSPS) is 15.3. The van der Waals surface area contributed by atoms with Crippen LogP contribution in [0.1, 0.15) is 13.8 Å². The van der Waals surface area contributed by atoms with E-state index in [0.29, 0.717) is 19.7 Å². The highest BCUT2D eigenvalue weighted by Gasteiger charge is 2.38. The van der Waals surface area contributed by atoms with Gasteiger partial charge in [-0.1, -0.05) is 6.92 Å². The predicted octanol–water partition coefficient (Wildman–Crippen LogP) is 0.444. The number of aliphatic carboxylic acids is 1. The van der Waals surface area contributed by atoms with Crippen LogP contribution in [-0.4, -0.2) is 62.0 Å². The number of carboxylic acid groups (broad SMARTS) is 1. The van der Waals surface area contributed by atoms with Gasteiger partial charge in [0.2, 0.25) is 0 Å². The Balaban J connectivity index is 4.61. The molecule has 90 valence electrons. The summed E-state index contributed by atoms with van der Waals surface area (Å²) in [5.74, 6) is -0.873. The monoisotopic (exact) mass is 219 g/mol. The Morgan fingerprint density at radius 2 is 2.00 bits per heavy atom. The van der Waals surface area contributed by atoms with E-state index in [4.69, 9.17) is 9.47 Å². The first-order valence-electron chi connectivity index (χ1n) is 4.99. The highest BCUT2D eigenvalue weighted by molar-refractivity contribution is 5.78. The third-order valence-electron chi connectivity index (χ3n) is 2.53. The first kappa shape index (κ1) is 14.3. The third-order valence-corrected chi connectivity index (χ3v) is 2.53. The van der Waals surface area contributed by atoms with Gasteiger partial charge in [0.05, 0.1) is 13.2 Å². The van der Waals surface area contributed by atoms with Gasteiger partial charge in [-0.2, -0.15) is 0 Å². The molecule has 1 unspecified atom stereocenters. The van der Waals surface area contributed by atoms with Gasteiger partial charge in [0.1, 0.15) is 5.54 Å². The number of rotatable bonds is 8. The van der Waals surface area contributed by atoms with Crippen LogP contribution in [-0.2, 0) is 14.3 Å². The van der Waals surface area contributed by atoms with Crippen LogP contribution in [0.5, 0.6) is 0 Å². The second-order valence-electron chi connectivity index (χ2n) is 3.58. The van der Waals surface area contributed by atoms with Crippen molar-refractivity contribution in [1.82, 2.24) is 4.90 Å². The fourth-order valence-electron chi connectivity index (χ4n) is 1.52. The molecule has 0 aromatic heterocycles. The van der Waals surface area contributed by atoms with Crippen LogP contribution >= 0.6 is 0 Å². The summed E-state index contributed by atoms with van der Waals surface area (Å²) in [6.07, 6.45) is 0. The molecule has 0 amide bonds. The van der Waals surface area contributed by atoms with E-state index in [2.05, 4.69) is 0 Å². The van der Waals surface area contributed by atoms with E-state index in [1.807, 2.05) is 11.8 Å². The fourth-order valence-corrected chi connectivity index (χ4v) is 1.52. The highest BCUT2D eigenvalue weighted by Crippen LogP contribution is 2.15. The topological polar surface area (TPSA) is 59.0 Å². The van der Waals surface area contributed by atoms with Crippen molar-refractivity contribution in [3.63, 3.8) is 0 Å². The summed E-state index contributed by atoms with van der Waals surface area (Å²) >= 11 is 0. The van der Waals surface area contributed by atoms with Gasteiger partial charge < -0.3 is 14.6 Å². The number of nitrogens with zero attached hydrogens (tertiary/aromatic N) is 1. The minimum absolute atomic E-state index is 0.167. The van der Waals surface area contributed by atoms with Crippen molar-refractivity contribution in [3.8, 4) is 0 Å². The molecule has 5 nitrogen and oxygen atoms in total. The number of methoxy groups -OCH3 is 2. The molecule has 0 aliphatic rings. The van der Waals surface area contributed by atoms with Crippen LogP contribution in [0.3, 0.4) is 0 Å². The molecule has 0 heterocycles. The summed E-state index contributed by atoms with van der Waals surface area (Å²) in [6.45, 7) is 5.50. The summed E-state index contributed by atoms with van der Waals surface area (Å²) in [6, 6.07) is 0. The quantitative estimate of drug-likeness (QED) is 0.642. The molecule has 1 N–H and O–H groups in total. The van der Waals surface area contributed by atoms with Gasteiger partial charge in [-0.05, 0) is 13.5 Å². The molecule has 0 bridgehead atoms. The average molecular weight is 219 g/mol. The first-order chi connectivity index (χ1) is 7.02. The summed E-state index contributed by atoms with van der Waals surface area (Å²) in [4.78, 5) is 13.0. The van der Waals surface area contributed by atoms with Gasteiger partial charge in [0.15, 0.2) is 0 Å². The molecule has 0 aliphatic carbocycles. The molecular formula is C10H21NO4. The minimum atomic E-state index is -0.984. The van der Waals surface area contributed by atoms with Crippen molar-refractivity contribution in [2.75, 3.05) is 40.5 Å². The predicted molar refractivity (Wildman–Crippen MR) is 57.0 cm³/mol. The van der Waals surface area contributed by atoms with Gasteiger partial charge >= 0.3 is 5.97 Å². The van der Waals surface area contributed by atoms with Crippen molar-refractivity contribution in [3.05, 3.63) is 0 Å². The lowest BCUT2D eigenvalue weighted by atomic mass is 10.0. The zero-order valence-electron chi connectivity index (χ0n) is 9.95. The van der Waals surface area contributed by atoms with Crippen LogP contribution in [0.25, 0.3) is 0 Å². The maximum absolute atomic E-state index is 11.2. The maximum Gasteiger partial charge on any atom is 0.326 e. The van der Waals surface area contributed by atoms with Crippen LogP contribution in [0.15, 0.2) is 0 Å². The Bertz CT molecular complexity index is 198. The van der Waals surface area contributed by atoms with Crippen LogP contribution in [0.4, 0.5) is 0 Å². The second kappa shape index (κ2) is 6.76. The van der Waals surface area contributed by atoms with Crippen molar-refractivity contribution in [2.45, 2.75) is 19.4 Å². The van der Waals surface area contributed by atoms with Gasteiger partial charge in [-0.3, -0.25) is 9.69 Å². The number of hydrogen-bond acceptors (Lipinski definition) is 4. The molecule has 5 heteroatoms. The molecule has 1 atom stereocenters.